The fourth-order valence-electron chi connectivity index (χ4n) is 2.51. The topological polar surface area (TPSA) is 17.1 Å². The van der Waals surface area contributed by atoms with E-state index in [1.54, 1.807) is 12.2 Å². The van der Waals surface area contributed by atoms with Crippen molar-refractivity contribution in [2.24, 2.45) is 11.3 Å². The Kier molecular flexibility index (Phi) is 4.92. The Hall–Kier alpha value is -1.11. The third-order valence-corrected chi connectivity index (χ3v) is 3.66. The Labute approximate surface area is 105 Å². The molecule has 0 aromatic carbocycles. The molecule has 0 saturated carbocycles. The highest BCUT2D eigenvalue weighted by atomic mass is 16.1. The van der Waals surface area contributed by atoms with Crippen LogP contribution in [0.5, 0.6) is 0 Å². The van der Waals surface area contributed by atoms with Crippen molar-refractivity contribution in [3.05, 3.63) is 36.5 Å². The third kappa shape index (κ3) is 3.99. The molecule has 0 heterocycles. The van der Waals surface area contributed by atoms with Gasteiger partial charge in [0.25, 0.3) is 0 Å². The van der Waals surface area contributed by atoms with Crippen LogP contribution in [-0.2, 0) is 4.79 Å². The van der Waals surface area contributed by atoms with E-state index in [-0.39, 0.29) is 11.2 Å². The number of hydrogen-bond acceptors (Lipinski definition) is 1. The molecule has 0 fully saturated rings. The van der Waals surface area contributed by atoms with E-state index in [1.807, 2.05) is 0 Å². The summed E-state index contributed by atoms with van der Waals surface area (Å²) < 4.78 is 0. The van der Waals surface area contributed by atoms with Gasteiger partial charge in [-0.2, -0.15) is 0 Å². The monoisotopic (exact) mass is 232 g/mol. The van der Waals surface area contributed by atoms with Crippen LogP contribution in [0.25, 0.3) is 0 Å². The Morgan fingerprint density at radius 3 is 2.88 bits per heavy atom. The van der Waals surface area contributed by atoms with Gasteiger partial charge in [-0.3, -0.25) is 4.79 Å². The zero-order chi connectivity index (χ0) is 12.9. The Morgan fingerprint density at radius 2 is 2.29 bits per heavy atom. The second-order valence-corrected chi connectivity index (χ2v) is 5.61. The first-order valence-electron chi connectivity index (χ1n) is 6.46. The Balaban J connectivity index is 2.68. The SMILES string of the molecule is C=CCCC(=O)/C=C/[C@H]1C(C)=CCCC1(C)C. The molecule has 0 N–H and O–H groups in total. The predicted octanol–water partition coefficient (Wildman–Crippen LogP) is 4.46. The van der Waals surface area contributed by atoms with Crippen LogP contribution < -0.4 is 0 Å². The number of carbonyl (C=O) groups is 1. The molecule has 1 heteroatoms. The molecule has 17 heavy (non-hydrogen) atoms. The number of rotatable bonds is 5. The molecule has 0 amide bonds. The molecule has 0 saturated heterocycles. The van der Waals surface area contributed by atoms with Gasteiger partial charge in [-0.25, -0.2) is 0 Å². The maximum absolute atomic E-state index is 11.6. The second kappa shape index (κ2) is 6.00. The Bertz CT molecular complexity index is 345. The highest BCUT2D eigenvalue weighted by Crippen LogP contribution is 2.41. The molecule has 1 nitrogen and oxygen atoms in total. The van der Waals surface area contributed by atoms with Gasteiger partial charge in [0.1, 0.15) is 0 Å². The fourth-order valence-corrected chi connectivity index (χ4v) is 2.51. The lowest BCUT2D eigenvalue weighted by Crippen LogP contribution is -2.26. The molecule has 0 spiro atoms. The molecule has 0 unspecified atom stereocenters. The first kappa shape index (κ1) is 14.0. The quantitative estimate of drug-likeness (QED) is 0.505. The molecule has 0 aliphatic heterocycles. The molecule has 0 bridgehead atoms. The van der Waals surface area contributed by atoms with Crippen LogP contribution in [0.3, 0.4) is 0 Å². The molecule has 1 rings (SSSR count). The zero-order valence-corrected chi connectivity index (χ0v) is 11.3. The molecule has 1 aliphatic carbocycles. The Morgan fingerprint density at radius 1 is 1.59 bits per heavy atom. The minimum absolute atomic E-state index is 0.207. The van der Waals surface area contributed by atoms with Crippen molar-refractivity contribution in [2.75, 3.05) is 0 Å². The van der Waals surface area contributed by atoms with Crippen molar-refractivity contribution in [2.45, 2.75) is 46.5 Å². The maximum Gasteiger partial charge on any atom is 0.155 e. The fraction of sp³-hybridized carbons (Fsp3) is 0.562. The van der Waals surface area contributed by atoms with Crippen molar-refractivity contribution >= 4 is 5.78 Å². The van der Waals surface area contributed by atoms with Crippen LogP contribution >= 0.6 is 0 Å². The van der Waals surface area contributed by atoms with Crippen molar-refractivity contribution in [3.8, 4) is 0 Å². The summed E-state index contributed by atoms with van der Waals surface area (Å²) >= 11 is 0. The summed E-state index contributed by atoms with van der Waals surface area (Å²) in [5.41, 5.74) is 1.67. The molecule has 0 aromatic heterocycles. The molecular formula is C16H24O. The first-order chi connectivity index (χ1) is 7.97. The summed E-state index contributed by atoms with van der Waals surface area (Å²) in [5.74, 6) is 0.614. The maximum atomic E-state index is 11.6. The van der Waals surface area contributed by atoms with E-state index in [1.165, 1.54) is 12.0 Å². The van der Waals surface area contributed by atoms with Gasteiger partial charge in [0, 0.05) is 12.3 Å². The average molecular weight is 232 g/mol. The minimum Gasteiger partial charge on any atom is -0.295 e. The number of ketones is 1. The zero-order valence-electron chi connectivity index (χ0n) is 11.3. The van der Waals surface area contributed by atoms with Crippen LogP contribution in [0.1, 0.15) is 46.5 Å². The molecule has 1 aliphatic rings. The molecular weight excluding hydrogens is 208 g/mol. The van der Waals surface area contributed by atoms with Gasteiger partial charge >= 0.3 is 0 Å². The van der Waals surface area contributed by atoms with E-state index in [9.17, 15) is 4.79 Å². The number of hydrogen-bond donors (Lipinski definition) is 0. The van der Waals surface area contributed by atoms with E-state index in [2.05, 4.69) is 39.5 Å². The summed E-state index contributed by atoms with van der Waals surface area (Å²) in [6, 6.07) is 0. The van der Waals surface area contributed by atoms with Crippen LogP contribution in [0.4, 0.5) is 0 Å². The molecule has 94 valence electrons. The van der Waals surface area contributed by atoms with E-state index < -0.39 is 0 Å². The highest BCUT2D eigenvalue weighted by Gasteiger charge is 2.30. The molecule has 0 radical (unpaired) electrons. The highest BCUT2D eigenvalue weighted by molar-refractivity contribution is 5.89. The van der Waals surface area contributed by atoms with E-state index in [0.29, 0.717) is 12.3 Å². The number of allylic oxidation sites excluding steroid dienone is 5. The van der Waals surface area contributed by atoms with Gasteiger partial charge < -0.3 is 0 Å². The third-order valence-electron chi connectivity index (χ3n) is 3.66. The van der Waals surface area contributed by atoms with Gasteiger partial charge in [-0.15, -0.1) is 6.58 Å². The van der Waals surface area contributed by atoms with Crippen LogP contribution in [0.15, 0.2) is 36.5 Å². The van der Waals surface area contributed by atoms with E-state index in [4.69, 9.17) is 0 Å². The molecule has 1 atom stereocenters. The van der Waals surface area contributed by atoms with Crippen molar-refractivity contribution in [1.29, 1.82) is 0 Å². The normalized spacial score (nSPS) is 23.5. The summed E-state index contributed by atoms with van der Waals surface area (Å²) in [4.78, 5) is 11.6. The summed E-state index contributed by atoms with van der Waals surface area (Å²) in [7, 11) is 0. The number of carbonyl (C=O) groups excluding carboxylic acids is 1. The minimum atomic E-state index is 0.207. The van der Waals surface area contributed by atoms with Crippen LogP contribution in [-0.4, -0.2) is 5.78 Å². The van der Waals surface area contributed by atoms with E-state index in [0.717, 1.165) is 12.8 Å². The van der Waals surface area contributed by atoms with Crippen LogP contribution in [0.2, 0.25) is 0 Å². The van der Waals surface area contributed by atoms with Crippen molar-refractivity contribution < 1.29 is 4.79 Å². The summed E-state index contributed by atoms with van der Waals surface area (Å²) in [6.45, 7) is 10.4. The lowest BCUT2D eigenvalue weighted by Gasteiger charge is -2.36. The first-order valence-corrected chi connectivity index (χ1v) is 6.46. The average Bonchev–Trinajstić information content (AvgIpc) is 2.24. The van der Waals surface area contributed by atoms with E-state index >= 15 is 0 Å². The lowest BCUT2D eigenvalue weighted by molar-refractivity contribution is -0.114. The lowest BCUT2D eigenvalue weighted by atomic mass is 9.68. The second-order valence-electron chi connectivity index (χ2n) is 5.61. The van der Waals surface area contributed by atoms with Gasteiger partial charge in [-0.05, 0) is 37.7 Å². The van der Waals surface area contributed by atoms with Gasteiger partial charge in [0.2, 0.25) is 0 Å². The smallest absolute Gasteiger partial charge is 0.155 e. The molecule has 0 aromatic rings. The van der Waals surface area contributed by atoms with Crippen molar-refractivity contribution in [1.82, 2.24) is 0 Å². The van der Waals surface area contributed by atoms with Crippen LogP contribution in [0, 0.1) is 11.3 Å². The largest absolute Gasteiger partial charge is 0.295 e. The van der Waals surface area contributed by atoms with Gasteiger partial charge in [-0.1, -0.05) is 37.6 Å². The van der Waals surface area contributed by atoms with Crippen molar-refractivity contribution in [3.63, 3.8) is 0 Å². The summed E-state index contributed by atoms with van der Waals surface area (Å²) in [6.07, 6.45) is 11.7. The van der Waals surface area contributed by atoms with Gasteiger partial charge in [0.15, 0.2) is 5.78 Å². The predicted molar refractivity (Wildman–Crippen MR) is 73.8 cm³/mol. The summed E-state index contributed by atoms with van der Waals surface area (Å²) in [5, 5.41) is 0. The standard InChI is InChI=1S/C16H24O/c1-5-6-9-14(17)10-11-15-13(2)8-7-12-16(15,3)4/h5,8,10-11,15H,1,6-7,9,12H2,2-4H3/b11-10+/t15-/m0/s1. The van der Waals surface area contributed by atoms with Gasteiger partial charge in [0.05, 0.1) is 0 Å².